The van der Waals surface area contributed by atoms with Crippen molar-refractivity contribution in [1.82, 2.24) is 25.1 Å². The minimum Gasteiger partial charge on any atom is -0.367 e. The van der Waals surface area contributed by atoms with E-state index in [0.29, 0.717) is 13.1 Å². The molecule has 2 aromatic heterocycles. The second kappa shape index (κ2) is 11.8. The van der Waals surface area contributed by atoms with Gasteiger partial charge in [0.1, 0.15) is 5.82 Å². The first kappa shape index (κ1) is 24.7. The number of thioether (sulfide) groups is 1. The number of hydrogen-bond acceptors (Lipinski definition) is 6. The average Bonchev–Trinajstić information content (AvgIpc) is 3.27. The van der Waals surface area contributed by atoms with Crippen LogP contribution in [-0.4, -0.2) is 44.0 Å². The molecule has 2 aromatic carbocycles. The van der Waals surface area contributed by atoms with Gasteiger partial charge in [-0.2, -0.15) is 5.10 Å². The summed E-state index contributed by atoms with van der Waals surface area (Å²) in [6, 6.07) is 20.0. The van der Waals surface area contributed by atoms with Crippen LogP contribution in [0, 0.1) is 0 Å². The number of anilines is 1. The lowest BCUT2D eigenvalue weighted by Gasteiger charge is -2.18. The molecular formula is C27H32N6OS. The van der Waals surface area contributed by atoms with Crippen molar-refractivity contribution in [2.75, 3.05) is 17.6 Å². The van der Waals surface area contributed by atoms with Crippen molar-refractivity contribution in [3.05, 3.63) is 78.0 Å². The number of rotatable bonds is 11. The van der Waals surface area contributed by atoms with Crippen molar-refractivity contribution < 1.29 is 4.79 Å². The Hall–Kier alpha value is -3.39. The fourth-order valence-electron chi connectivity index (χ4n) is 3.91. The van der Waals surface area contributed by atoms with Gasteiger partial charge in [-0.25, -0.2) is 14.6 Å². The fraction of sp³-hybridized carbons (Fsp3) is 0.333. The van der Waals surface area contributed by atoms with E-state index in [0.717, 1.165) is 45.3 Å². The van der Waals surface area contributed by atoms with Crippen LogP contribution in [0.5, 0.6) is 0 Å². The number of aromatic nitrogens is 4. The zero-order valence-electron chi connectivity index (χ0n) is 20.4. The van der Waals surface area contributed by atoms with Crippen molar-refractivity contribution >= 4 is 34.5 Å². The van der Waals surface area contributed by atoms with Crippen molar-refractivity contribution in [3.63, 3.8) is 0 Å². The molecule has 0 spiro atoms. The van der Waals surface area contributed by atoms with E-state index in [1.54, 1.807) is 18.0 Å². The van der Waals surface area contributed by atoms with E-state index in [-0.39, 0.29) is 17.9 Å². The SMILES string of the molecule is CCCSc1nc(NC(C)C)c2cnn(CCNC(=O)C(c3ccccc3)c3ccccc3)c2n1. The van der Waals surface area contributed by atoms with Gasteiger partial charge in [0.05, 0.1) is 24.0 Å². The van der Waals surface area contributed by atoms with Gasteiger partial charge >= 0.3 is 0 Å². The first-order valence-corrected chi connectivity index (χ1v) is 13.1. The minimum atomic E-state index is -0.368. The van der Waals surface area contributed by atoms with Gasteiger partial charge < -0.3 is 10.6 Å². The molecule has 8 heteroatoms. The lowest BCUT2D eigenvalue weighted by molar-refractivity contribution is -0.121. The number of carbonyl (C=O) groups excluding carboxylic acids is 1. The van der Waals surface area contributed by atoms with Crippen LogP contribution in [-0.2, 0) is 11.3 Å². The molecule has 0 bridgehead atoms. The van der Waals surface area contributed by atoms with E-state index in [2.05, 4.69) is 36.5 Å². The van der Waals surface area contributed by atoms with Gasteiger partial charge in [0, 0.05) is 18.3 Å². The van der Waals surface area contributed by atoms with Crippen LogP contribution in [0.3, 0.4) is 0 Å². The van der Waals surface area contributed by atoms with E-state index in [1.807, 2.05) is 65.3 Å². The molecule has 0 aliphatic carbocycles. The smallest absolute Gasteiger partial charge is 0.232 e. The van der Waals surface area contributed by atoms with Gasteiger partial charge in [0.15, 0.2) is 10.8 Å². The lowest BCUT2D eigenvalue weighted by atomic mass is 9.90. The predicted molar refractivity (Wildman–Crippen MR) is 143 cm³/mol. The maximum atomic E-state index is 13.3. The predicted octanol–water partition coefficient (Wildman–Crippen LogP) is 5.10. The number of amides is 1. The molecule has 7 nitrogen and oxygen atoms in total. The number of fused-ring (bicyclic) bond motifs is 1. The highest BCUT2D eigenvalue weighted by atomic mass is 32.2. The topological polar surface area (TPSA) is 84.7 Å². The van der Waals surface area contributed by atoms with Crippen LogP contribution in [0.4, 0.5) is 5.82 Å². The number of nitrogens with one attached hydrogen (secondary N) is 2. The quantitative estimate of drug-likeness (QED) is 0.226. The van der Waals surface area contributed by atoms with Gasteiger partial charge in [0.2, 0.25) is 5.91 Å². The molecule has 0 aliphatic rings. The zero-order chi connectivity index (χ0) is 24.6. The van der Waals surface area contributed by atoms with Crippen molar-refractivity contribution in [1.29, 1.82) is 0 Å². The van der Waals surface area contributed by atoms with Gasteiger partial charge in [-0.3, -0.25) is 4.79 Å². The Morgan fingerprint density at radius 1 is 1.00 bits per heavy atom. The summed E-state index contributed by atoms with van der Waals surface area (Å²) in [5, 5.41) is 12.7. The van der Waals surface area contributed by atoms with E-state index in [9.17, 15) is 4.79 Å². The van der Waals surface area contributed by atoms with Gasteiger partial charge in [-0.15, -0.1) is 0 Å². The molecule has 4 aromatic rings. The number of nitrogens with zero attached hydrogens (tertiary/aromatic N) is 4. The van der Waals surface area contributed by atoms with Crippen LogP contribution in [0.2, 0.25) is 0 Å². The number of hydrogen-bond donors (Lipinski definition) is 2. The van der Waals surface area contributed by atoms with E-state index >= 15 is 0 Å². The molecule has 0 unspecified atom stereocenters. The Labute approximate surface area is 210 Å². The molecule has 0 fully saturated rings. The molecule has 0 saturated heterocycles. The molecular weight excluding hydrogens is 456 g/mol. The van der Waals surface area contributed by atoms with Gasteiger partial charge in [-0.1, -0.05) is 79.3 Å². The van der Waals surface area contributed by atoms with Gasteiger partial charge in [0.25, 0.3) is 0 Å². The largest absolute Gasteiger partial charge is 0.367 e. The second-order valence-electron chi connectivity index (χ2n) is 8.65. The highest BCUT2D eigenvalue weighted by Crippen LogP contribution is 2.26. The van der Waals surface area contributed by atoms with E-state index < -0.39 is 0 Å². The highest BCUT2D eigenvalue weighted by molar-refractivity contribution is 7.99. The molecule has 2 heterocycles. The van der Waals surface area contributed by atoms with Crippen molar-refractivity contribution in [2.24, 2.45) is 0 Å². The first-order chi connectivity index (χ1) is 17.1. The van der Waals surface area contributed by atoms with Crippen LogP contribution in [0.1, 0.15) is 44.2 Å². The molecule has 182 valence electrons. The van der Waals surface area contributed by atoms with Gasteiger partial charge in [-0.05, 0) is 31.4 Å². The van der Waals surface area contributed by atoms with Crippen molar-refractivity contribution in [3.8, 4) is 0 Å². The van der Waals surface area contributed by atoms with E-state index in [4.69, 9.17) is 9.97 Å². The van der Waals surface area contributed by atoms with Crippen molar-refractivity contribution in [2.45, 2.75) is 50.9 Å². The third-order valence-corrected chi connectivity index (χ3v) is 6.54. The summed E-state index contributed by atoms with van der Waals surface area (Å²) in [4.78, 5) is 22.8. The van der Waals surface area contributed by atoms with Crippen LogP contribution >= 0.6 is 11.8 Å². The second-order valence-corrected chi connectivity index (χ2v) is 9.71. The summed E-state index contributed by atoms with van der Waals surface area (Å²) in [6.07, 6.45) is 2.85. The summed E-state index contributed by atoms with van der Waals surface area (Å²) in [5.41, 5.74) is 2.71. The number of carbonyl (C=O) groups is 1. The summed E-state index contributed by atoms with van der Waals surface area (Å²) >= 11 is 1.64. The summed E-state index contributed by atoms with van der Waals surface area (Å²) in [7, 11) is 0. The summed E-state index contributed by atoms with van der Waals surface area (Å²) < 4.78 is 1.85. The average molecular weight is 489 g/mol. The summed E-state index contributed by atoms with van der Waals surface area (Å²) in [6.45, 7) is 7.27. The monoisotopic (exact) mass is 488 g/mol. The number of benzene rings is 2. The highest BCUT2D eigenvalue weighted by Gasteiger charge is 2.22. The normalized spacial score (nSPS) is 11.3. The molecule has 0 saturated carbocycles. The molecule has 0 aliphatic heterocycles. The molecule has 0 atom stereocenters. The standard InChI is InChI=1S/C27H32N6OS/c1-4-17-35-27-31-24(30-19(2)3)22-18-29-33(25(22)32-27)16-15-28-26(34)23(20-11-7-5-8-12-20)21-13-9-6-10-14-21/h5-14,18-19,23H,4,15-17H2,1-3H3,(H,28,34)(H,30,31,32). The lowest BCUT2D eigenvalue weighted by Crippen LogP contribution is -2.32. The fourth-order valence-corrected chi connectivity index (χ4v) is 4.61. The van der Waals surface area contributed by atoms with Crippen LogP contribution in [0.25, 0.3) is 11.0 Å². The Balaban J connectivity index is 1.52. The molecule has 1 amide bonds. The maximum Gasteiger partial charge on any atom is 0.232 e. The molecule has 35 heavy (non-hydrogen) atoms. The Kier molecular flexibility index (Phi) is 8.36. The Bertz CT molecular complexity index is 1200. The minimum absolute atomic E-state index is 0.0326. The maximum absolute atomic E-state index is 13.3. The third-order valence-electron chi connectivity index (χ3n) is 5.49. The summed E-state index contributed by atoms with van der Waals surface area (Å²) in [5.74, 6) is 1.35. The Morgan fingerprint density at radius 3 is 2.26 bits per heavy atom. The first-order valence-electron chi connectivity index (χ1n) is 12.1. The zero-order valence-corrected chi connectivity index (χ0v) is 21.3. The molecule has 0 radical (unpaired) electrons. The molecule has 4 rings (SSSR count). The van der Waals surface area contributed by atoms with Crippen LogP contribution in [0.15, 0.2) is 72.0 Å². The Morgan fingerprint density at radius 2 is 1.66 bits per heavy atom. The third kappa shape index (κ3) is 6.19. The molecule has 2 N–H and O–H groups in total. The van der Waals surface area contributed by atoms with Crippen LogP contribution < -0.4 is 10.6 Å². The van der Waals surface area contributed by atoms with E-state index in [1.165, 1.54) is 0 Å².